The van der Waals surface area contributed by atoms with Crippen molar-refractivity contribution in [1.29, 1.82) is 0 Å². The number of aliphatic hydroxyl groups is 1. The first kappa shape index (κ1) is 15.8. The van der Waals surface area contributed by atoms with Crippen molar-refractivity contribution in [2.75, 3.05) is 12.4 Å². The standard InChI is InChI=1S/C17H23N3O3/c1-17(2,22)10-14(21)18-16-15(11-5-4-6-11)13-9-12(23-3)7-8-20(13)19-16/h7-9,11,22H,4-6,10H2,1-3H3,(H,18,19,21). The monoisotopic (exact) mass is 317 g/mol. The number of methoxy groups -OCH3 is 1. The maximum atomic E-state index is 12.2. The summed E-state index contributed by atoms with van der Waals surface area (Å²) in [5, 5.41) is 17.2. The fourth-order valence-corrected chi connectivity index (χ4v) is 2.93. The van der Waals surface area contributed by atoms with Gasteiger partial charge in [0.05, 0.1) is 24.6 Å². The molecule has 1 aliphatic rings. The Morgan fingerprint density at radius 2 is 2.26 bits per heavy atom. The molecule has 6 heteroatoms. The van der Waals surface area contributed by atoms with Gasteiger partial charge in [-0.15, -0.1) is 5.10 Å². The molecule has 23 heavy (non-hydrogen) atoms. The lowest BCUT2D eigenvalue weighted by atomic mass is 9.80. The molecular formula is C17H23N3O3. The predicted molar refractivity (Wildman–Crippen MR) is 87.9 cm³/mol. The first-order chi connectivity index (χ1) is 10.9. The van der Waals surface area contributed by atoms with Crippen LogP contribution in [-0.4, -0.2) is 33.3 Å². The van der Waals surface area contributed by atoms with Crippen LogP contribution in [0.5, 0.6) is 5.75 Å². The van der Waals surface area contributed by atoms with E-state index in [1.807, 2.05) is 18.3 Å². The fourth-order valence-electron chi connectivity index (χ4n) is 2.93. The second kappa shape index (κ2) is 5.85. The number of carbonyl (C=O) groups excluding carboxylic acids is 1. The van der Waals surface area contributed by atoms with Crippen LogP contribution in [0, 0.1) is 0 Å². The van der Waals surface area contributed by atoms with Gasteiger partial charge in [-0.25, -0.2) is 4.52 Å². The third kappa shape index (κ3) is 3.32. The molecule has 0 saturated heterocycles. The highest BCUT2D eigenvalue weighted by atomic mass is 16.5. The zero-order valence-electron chi connectivity index (χ0n) is 13.8. The molecule has 6 nitrogen and oxygen atoms in total. The van der Waals surface area contributed by atoms with Crippen molar-refractivity contribution in [3.05, 3.63) is 23.9 Å². The minimum Gasteiger partial charge on any atom is -0.497 e. The van der Waals surface area contributed by atoms with Crippen LogP contribution >= 0.6 is 0 Å². The van der Waals surface area contributed by atoms with Crippen molar-refractivity contribution in [3.8, 4) is 5.75 Å². The molecule has 0 atom stereocenters. The van der Waals surface area contributed by atoms with E-state index < -0.39 is 5.60 Å². The lowest BCUT2D eigenvalue weighted by Crippen LogP contribution is -2.27. The smallest absolute Gasteiger partial charge is 0.228 e. The lowest BCUT2D eigenvalue weighted by Gasteiger charge is -2.26. The average Bonchev–Trinajstić information content (AvgIpc) is 2.72. The summed E-state index contributed by atoms with van der Waals surface area (Å²) in [4.78, 5) is 12.2. The molecule has 1 fully saturated rings. The Hall–Kier alpha value is -2.08. The number of anilines is 1. The average molecular weight is 317 g/mol. The Morgan fingerprint density at radius 3 is 2.83 bits per heavy atom. The Morgan fingerprint density at radius 1 is 1.52 bits per heavy atom. The van der Waals surface area contributed by atoms with Gasteiger partial charge < -0.3 is 15.2 Å². The van der Waals surface area contributed by atoms with Gasteiger partial charge in [0.1, 0.15) is 5.75 Å². The molecule has 0 unspecified atom stereocenters. The largest absolute Gasteiger partial charge is 0.497 e. The van der Waals surface area contributed by atoms with Crippen molar-refractivity contribution in [2.24, 2.45) is 0 Å². The number of pyridine rings is 1. The van der Waals surface area contributed by atoms with E-state index in [2.05, 4.69) is 10.4 Å². The van der Waals surface area contributed by atoms with Gasteiger partial charge in [-0.2, -0.15) is 0 Å². The van der Waals surface area contributed by atoms with E-state index in [-0.39, 0.29) is 12.3 Å². The van der Waals surface area contributed by atoms with Crippen LogP contribution in [0.15, 0.2) is 18.3 Å². The molecule has 124 valence electrons. The molecule has 0 radical (unpaired) electrons. The van der Waals surface area contributed by atoms with E-state index in [0.717, 1.165) is 29.7 Å². The van der Waals surface area contributed by atoms with E-state index >= 15 is 0 Å². The van der Waals surface area contributed by atoms with Crippen LogP contribution < -0.4 is 10.1 Å². The van der Waals surface area contributed by atoms with E-state index in [0.29, 0.717) is 11.7 Å². The summed E-state index contributed by atoms with van der Waals surface area (Å²) in [7, 11) is 1.64. The van der Waals surface area contributed by atoms with E-state index in [9.17, 15) is 9.90 Å². The zero-order valence-corrected chi connectivity index (χ0v) is 13.8. The number of fused-ring (bicyclic) bond motifs is 1. The Balaban J connectivity index is 1.97. The number of carbonyl (C=O) groups is 1. The summed E-state index contributed by atoms with van der Waals surface area (Å²) >= 11 is 0. The highest BCUT2D eigenvalue weighted by Crippen LogP contribution is 2.42. The molecule has 0 spiro atoms. The molecule has 0 aromatic carbocycles. The molecule has 2 aromatic rings. The summed E-state index contributed by atoms with van der Waals surface area (Å²) in [6, 6.07) is 3.79. The number of hydrogen-bond acceptors (Lipinski definition) is 4. The zero-order chi connectivity index (χ0) is 16.6. The van der Waals surface area contributed by atoms with Gasteiger partial charge in [-0.3, -0.25) is 4.79 Å². The highest BCUT2D eigenvalue weighted by Gasteiger charge is 2.28. The third-order valence-electron chi connectivity index (χ3n) is 4.24. The molecule has 1 amide bonds. The number of rotatable bonds is 5. The molecule has 2 aromatic heterocycles. The van der Waals surface area contributed by atoms with Crippen molar-refractivity contribution in [1.82, 2.24) is 9.61 Å². The first-order valence-electron chi connectivity index (χ1n) is 7.96. The van der Waals surface area contributed by atoms with Crippen LogP contribution in [0.4, 0.5) is 5.82 Å². The predicted octanol–water partition coefficient (Wildman–Crippen LogP) is 2.71. The van der Waals surface area contributed by atoms with Crippen LogP contribution in [0.3, 0.4) is 0 Å². The van der Waals surface area contributed by atoms with Crippen molar-refractivity contribution in [3.63, 3.8) is 0 Å². The first-order valence-corrected chi connectivity index (χ1v) is 7.96. The van der Waals surface area contributed by atoms with Gasteiger partial charge in [0.2, 0.25) is 5.91 Å². The third-order valence-corrected chi connectivity index (χ3v) is 4.24. The molecule has 2 heterocycles. The number of aromatic nitrogens is 2. The quantitative estimate of drug-likeness (QED) is 0.889. The SMILES string of the molecule is COc1ccn2nc(NC(=O)CC(C)(C)O)c(C3CCC3)c2c1. The topological polar surface area (TPSA) is 75.9 Å². The Bertz CT molecular complexity index is 726. The molecule has 3 rings (SSSR count). The Labute approximate surface area is 135 Å². The highest BCUT2D eigenvalue weighted by molar-refractivity contribution is 5.92. The van der Waals surface area contributed by atoms with Crippen LogP contribution in [0.25, 0.3) is 5.52 Å². The summed E-state index contributed by atoms with van der Waals surface area (Å²) in [5.41, 5.74) is 0.996. The lowest BCUT2D eigenvalue weighted by molar-refractivity contribution is -0.119. The van der Waals surface area contributed by atoms with Gasteiger partial charge in [-0.1, -0.05) is 6.42 Å². The number of hydrogen-bond donors (Lipinski definition) is 2. The molecule has 0 bridgehead atoms. The van der Waals surface area contributed by atoms with E-state index in [4.69, 9.17) is 4.74 Å². The second-order valence-corrected chi connectivity index (χ2v) is 6.82. The normalized spacial score (nSPS) is 15.5. The minimum atomic E-state index is -1.04. The van der Waals surface area contributed by atoms with Crippen molar-refractivity contribution in [2.45, 2.75) is 51.0 Å². The van der Waals surface area contributed by atoms with Gasteiger partial charge in [-0.05, 0) is 38.7 Å². The van der Waals surface area contributed by atoms with Crippen LogP contribution in [0.1, 0.15) is 51.0 Å². The number of nitrogens with one attached hydrogen (secondary N) is 1. The summed E-state index contributed by atoms with van der Waals surface area (Å²) in [6.45, 7) is 3.24. The van der Waals surface area contributed by atoms with Crippen molar-refractivity contribution >= 4 is 17.2 Å². The summed E-state index contributed by atoms with van der Waals surface area (Å²) in [6.07, 6.45) is 5.28. The Kier molecular flexibility index (Phi) is 4.02. The summed E-state index contributed by atoms with van der Waals surface area (Å²) in [5.74, 6) is 1.55. The van der Waals surface area contributed by atoms with Gasteiger partial charge in [0.25, 0.3) is 0 Å². The van der Waals surface area contributed by atoms with Crippen LogP contribution in [0.2, 0.25) is 0 Å². The number of nitrogens with zero attached hydrogens (tertiary/aromatic N) is 2. The van der Waals surface area contributed by atoms with Gasteiger partial charge in [0.15, 0.2) is 5.82 Å². The summed E-state index contributed by atoms with van der Waals surface area (Å²) < 4.78 is 7.08. The molecule has 2 N–H and O–H groups in total. The van der Waals surface area contributed by atoms with E-state index in [1.54, 1.807) is 25.5 Å². The van der Waals surface area contributed by atoms with Gasteiger partial charge in [0, 0.05) is 17.8 Å². The molecule has 1 saturated carbocycles. The maximum absolute atomic E-state index is 12.2. The maximum Gasteiger partial charge on any atom is 0.228 e. The fraction of sp³-hybridized carbons (Fsp3) is 0.529. The second-order valence-electron chi connectivity index (χ2n) is 6.82. The van der Waals surface area contributed by atoms with Crippen LogP contribution in [-0.2, 0) is 4.79 Å². The molecule has 1 aliphatic carbocycles. The number of ether oxygens (including phenoxy) is 1. The molecule has 0 aliphatic heterocycles. The van der Waals surface area contributed by atoms with Crippen molar-refractivity contribution < 1.29 is 14.6 Å². The number of amides is 1. The van der Waals surface area contributed by atoms with E-state index in [1.165, 1.54) is 6.42 Å². The minimum absolute atomic E-state index is 0.0360. The van der Waals surface area contributed by atoms with Gasteiger partial charge >= 0.3 is 0 Å². The molecular weight excluding hydrogens is 294 g/mol.